The number of hydrogen-bond acceptors (Lipinski definition) is 1. The van der Waals surface area contributed by atoms with Gasteiger partial charge in [-0.3, -0.25) is 0 Å². The van der Waals surface area contributed by atoms with E-state index in [4.69, 9.17) is 0 Å². The summed E-state index contributed by atoms with van der Waals surface area (Å²) < 4.78 is 1.08. The van der Waals surface area contributed by atoms with Crippen molar-refractivity contribution in [2.75, 3.05) is 0 Å². The van der Waals surface area contributed by atoms with E-state index >= 15 is 0 Å². The van der Waals surface area contributed by atoms with Crippen LogP contribution in [0.3, 0.4) is 0 Å². The van der Waals surface area contributed by atoms with Crippen molar-refractivity contribution >= 4 is 22.0 Å². The summed E-state index contributed by atoms with van der Waals surface area (Å²) >= 11 is 3.49. The normalized spacial score (nSPS) is 26.6. The zero-order chi connectivity index (χ0) is 12.0. The second-order valence-electron chi connectivity index (χ2n) is 4.73. The van der Waals surface area contributed by atoms with Gasteiger partial charge in [-0.05, 0) is 36.1 Å². The van der Waals surface area contributed by atoms with Crippen molar-refractivity contribution in [3.8, 4) is 0 Å². The van der Waals surface area contributed by atoms with Crippen LogP contribution in [0.25, 0.3) is 0 Å². The minimum absolute atomic E-state index is 0.131. The summed E-state index contributed by atoms with van der Waals surface area (Å²) in [6.07, 6.45) is 2.71. The summed E-state index contributed by atoms with van der Waals surface area (Å²) in [5.41, 5.74) is 3.17. The number of aryl methyl sites for hydroxylation is 1. The van der Waals surface area contributed by atoms with E-state index in [0.29, 0.717) is 0 Å². The molecular formula is C13H13BrN2O. The molecule has 1 unspecified atom stereocenters. The van der Waals surface area contributed by atoms with Crippen LogP contribution >= 0.6 is 15.9 Å². The summed E-state index contributed by atoms with van der Waals surface area (Å²) in [7, 11) is 0. The van der Waals surface area contributed by atoms with E-state index < -0.39 is 0 Å². The van der Waals surface area contributed by atoms with Crippen LogP contribution in [-0.4, -0.2) is 11.6 Å². The highest BCUT2D eigenvalue weighted by atomic mass is 79.9. The van der Waals surface area contributed by atoms with Crippen LogP contribution in [0.1, 0.15) is 17.5 Å². The predicted octanol–water partition coefficient (Wildman–Crippen LogP) is 2.50. The topological polar surface area (TPSA) is 41.1 Å². The van der Waals surface area contributed by atoms with Crippen molar-refractivity contribution < 1.29 is 4.79 Å². The largest absolute Gasteiger partial charge is 0.327 e. The first-order chi connectivity index (χ1) is 8.09. The van der Waals surface area contributed by atoms with E-state index in [9.17, 15) is 4.79 Å². The molecule has 4 heteroatoms. The number of hydrogen-bond donors (Lipinski definition) is 2. The average molecular weight is 293 g/mol. The molecule has 2 amide bonds. The van der Waals surface area contributed by atoms with Crippen molar-refractivity contribution in [2.45, 2.75) is 24.8 Å². The maximum Gasteiger partial charge on any atom is 0.319 e. The first-order valence-electron chi connectivity index (χ1n) is 5.65. The molecule has 1 saturated heterocycles. The first kappa shape index (κ1) is 10.8. The van der Waals surface area contributed by atoms with Gasteiger partial charge in [0.05, 0.1) is 5.54 Å². The van der Waals surface area contributed by atoms with Gasteiger partial charge in [-0.2, -0.15) is 0 Å². The maximum absolute atomic E-state index is 11.4. The van der Waals surface area contributed by atoms with Crippen LogP contribution in [-0.2, 0) is 12.8 Å². The number of rotatable bonds is 0. The van der Waals surface area contributed by atoms with Gasteiger partial charge in [-0.15, -0.1) is 0 Å². The summed E-state index contributed by atoms with van der Waals surface area (Å²) in [5, 5.41) is 5.78. The third-order valence-corrected chi connectivity index (χ3v) is 4.17. The predicted molar refractivity (Wildman–Crippen MR) is 69.7 cm³/mol. The molecule has 1 spiro atoms. The molecule has 17 heavy (non-hydrogen) atoms. The molecule has 0 saturated carbocycles. The fourth-order valence-electron chi connectivity index (χ4n) is 2.71. The highest BCUT2D eigenvalue weighted by Gasteiger charge is 2.43. The molecule has 1 aromatic carbocycles. The van der Waals surface area contributed by atoms with Gasteiger partial charge >= 0.3 is 6.03 Å². The molecule has 1 aliphatic carbocycles. The SMILES string of the molecule is C=C1NC(=O)NC12CCc1ccc(Br)cc1C2. The van der Waals surface area contributed by atoms with Crippen LogP contribution in [0.2, 0.25) is 0 Å². The van der Waals surface area contributed by atoms with Crippen molar-refractivity contribution in [3.63, 3.8) is 0 Å². The number of carbonyl (C=O) groups is 1. The van der Waals surface area contributed by atoms with Gasteiger partial charge in [0.1, 0.15) is 0 Å². The van der Waals surface area contributed by atoms with Crippen LogP contribution in [0, 0.1) is 0 Å². The molecule has 0 aromatic heterocycles. The lowest BCUT2D eigenvalue weighted by Gasteiger charge is -2.34. The molecule has 1 fully saturated rings. The lowest BCUT2D eigenvalue weighted by molar-refractivity contribution is 0.242. The van der Waals surface area contributed by atoms with E-state index in [1.807, 2.05) is 0 Å². The zero-order valence-electron chi connectivity index (χ0n) is 9.35. The van der Waals surface area contributed by atoms with Crippen molar-refractivity contribution in [3.05, 3.63) is 46.1 Å². The Morgan fingerprint density at radius 2 is 2.18 bits per heavy atom. The second kappa shape index (κ2) is 3.60. The van der Waals surface area contributed by atoms with Gasteiger partial charge in [0, 0.05) is 16.6 Å². The fraction of sp³-hybridized carbons (Fsp3) is 0.308. The number of carbonyl (C=O) groups excluding carboxylic acids is 1. The Morgan fingerprint density at radius 3 is 2.88 bits per heavy atom. The number of halogens is 1. The summed E-state index contributed by atoms with van der Waals surface area (Å²) in [5.74, 6) is 0. The van der Waals surface area contributed by atoms with Gasteiger partial charge in [-0.1, -0.05) is 28.6 Å². The van der Waals surface area contributed by atoms with E-state index in [1.54, 1.807) is 0 Å². The lowest BCUT2D eigenvalue weighted by Crippen LogP contribution is -2.46. The molecule has 2 aliphatic rings. The average Bonchev–Trinajstić information content (AvgIpc) is 2.53. The Labute approximate surface area is 108 Å². The van der Waals surface area contributed by atoms with Crippen LogP contribution < -0.4 is 10.6 Å². The molecule has 88 valence electrons. The Hall–Kier alpha value is -1.29. The minimum atomic E-state index is -0.287. The lowest BCUT2D eigenvalue weighted by atomic mass is 9.77. The molecule has 3 rings (SSSR count). The summed E-state index contributed by atoms with van der Waals surface area (Å²) in [6, 6.07) is 6.22. The van der Waals surface area contributed by atoms with Crippen LogP contribution in [0.5, 0.6) is 0 Å². The summed E-state index contributed by atoms with van der Waals surface area (Å²) in [4.78, 5) is 11.4. The van der Waals surface area contributed by atoms with Gasteiger partial charge in [0.2, 0.25) is 0 Å². The molecule has 1 atom stereocenters. The van der Waals surface area contributed by atoms with E-state index in [0.717, 1.165) is 29.4 Å². The molecule has 0 radical (unpaired) electrons. The van der Waals surface area contributed by atoms with Crippen molar-refractivity contribution in [1.29, 1.82) is 0 Å². The second-order valence-corrected chi connectivity index (χ2v) is 5.65. The van der Waals surface area contributed by atoms with Crippen LogP contribution in [0.15, 0.2) is 34.9 Å². The molecule has 1 aliphatic heterocycles. The number of urea groups is 1. The maximum atomic E-state index is 11.4. The number of nitrogens with one attached hydrogen (secondary N) is 2. The number of amides is 2. The fourth-order valence-corrected chi connectivity index (χ4v) is 3.12. The molecule has 1 heterocycles. The Morgan fingerprint density at radius 1 is 1.35 bits per heavy atom. The van der Waals surface area contributed by atoms with E-state index in [2.05, 4.69) is 51.3 Å². The van der Waals surface area contributed by atoms with Gasteiger partial charge in [0.25, 0.3) is 0 Å². The Kier molecular flexibility index (Phi) is 2.30. The van der Waals surface area contributed by atoms with E-state index in [-0.39, 0.29) is 11.6 Å². The molecule has 0 bridgehead atoms. The standard InChI is InChI=1S/C13H13BrN2O/c1-8-13(16-12(17)15-8)5-4-9-2-3-11(14)6-10(9)7-13/h2-3,6H,1,4-5,7H2,(H2,15,16,17). The Bertz CT molecular complexity index is 526. The van der Waals surface area contributed by atoms with Crippen molar-refractivity contribution in [2.24, 2.45) is 0 Å². The molecule has 1 aromatic rings. The van der Waals surface area contributed by atoms with Crippen LogP contribution in [0.4, 0.5) is 4.79 Å². The highest BCUT2D eigenvalue weighted by Crippen LogP contribution is 2.35. The zero-order valence-corrected chi connectivity index (χ0v) is 10.9. The minimum Gasteiger partial charge on any atom is -0.327 e. The highest BCUT2D eigenvalue weighted by molar-refractivity contribution is 9.10. The van der Waals surface area contributed by atoms with Crippen molar-refractivity contribution in [1.82, 2.24) is 10.6 Å². The third kappa shape index (κ3) is 1.67. The van der Waals surface area contributed by atoms with E-state index in [1.165, 1.54) is 11.1 Å². The summed E-state index contributed by atoms with van der Waals surface area (Å²) in [6.45, 7) is 3.97. The van der Waals surface area contributed by atoms with Gasteiger partial charge < -0.3 is 10.6 Å². The number of benzene rings is 1. The quantitative estimate of drug-likeness (QED) is 0.758. The molecule has 3 nitrogen and oxygen atoms in total. The molecule has 2 N–H and O–H groups in total. The monoisotopic (exact) mass is 292 g/mol. The first-order valence-corrected chi connectivity index (χ1v) is 6.44. The molecular weight excluding hydrogens is 280 g/mol. The van der Waals surface area contributed by atoms with Gasteiger partial charge in [0.15, 0.2) is 0 Å². The number of fused-ring (bicyclic) bond motifs is 1. The smallest absolute Gasteiger partial charge is 0.319 e. The van der Waals surface area contributed by atoms with Gasteiger partial charge in [-0.25, -0.2) is 4.79 Å². The third-order valence-electron chi connectivity index (χ3n) is 3.68. The Balaban J connectivity index is 1.99.